The Balaban J connectivity index is 2.51. The zero-order valence-electron chi connectivity index (χ0n) is 10.8. The molecular weight excluding hydrogens is 222 g/mol. The minimum Gasteiger partial charge on any atom is -0.316 e. The monoisotopic (exact) mass is 247 g/mol. The fourth-order valence-electron chi connectivity index (χ4n) is 2.16. The first-order valence-corrected chi connectivity index (χ1v) is 8.17. The molecule has 0 aromatic carbocycles. The zero-order valence-corrected chi connectivity index (χ0v) is 11.6. The third-order valence-corrected chi connectivity index (χ3v) is 5.47. The smallest absolute Gasteiger partial charge is 0.150 e. The maximum absolute atomic E-state index is 11.5. The second-order valence-corrected chi connectivity index (χ2v) is 7.67. The number of nitrogens with one attached hydrogen (secondary N) is 1. The first kappa shape index (κ1) is 14.0. The van der Waals surface area contributed by atoms with Crippen LogP contribution in [0.1, 0.15) is 40.0 Å². The summed E-state index contributed by atoms with van der Waals surface area (Å²) in [4.78, 5) is 0. The minimum atomic E-state index is -2.81. The van der Waals surface area contributed by atoms with Crippen LogP contribution in [0.25, 0.3) is 0 Å². The Bertz CT molecular complexity index is 309. The van der Waals surface area contributed by atoms with Gasteiger partial charge in [0, 0.05) is 12.3 Å². The van der Waals surface area contributed by atoms with Crippen LogP contribution in [0.5, 0.6) is 0 Å². The zero-order chi connectivity index (χ0) is 12.2. The van der Waals surface area contributed by atoms with Gasteiger partial charge in [-0.1, -0.05) is 20.8 Å². The van der Waals surface area contributed by atoms with Crippen LogP contribution in [0.15, 0.2) is 0 Å². The van der Waals surface area contributed by atoms with Crippen molar-refractivity contribution in [1.29, 1.82) is 0 Å². The third-order valence-electron chi connectivity index (χ3n) is 3.77. The van der Waals surface area contributed by atoms with Crippen LogP contribution < -0.4 is 5.32 Å². The van der Waals surface area contributed by atoms with Gasteiger partial charge in [-0.15, -0.1) is 0 Å². The van der Waals surface area contributed by atoms with Crippen LogP contribution in [0.3, 0.4) is 0 Å². The molecule has 4 heteroatoms. The lowest BCUT2D eigenvalue weighted by Gasteiger charge is -2.30. The molecular formula is C12H25NO2S. The Labute approximate surface area is 99.9 Å². The third kappa shape index (κ3) is 4.06. The second kappa shape index (κ2) is 5.50. The Morgan fingerprint density at radius 3 is 2.38 bits per heavy atom. The van der Waals surface area contributed by atoms with Crippen molar-refractivity contribution in [2.45, 2.75) is 40.0 Å². The maximum Gasteiger partial charge on any atom is 0.150 e. The van der Waals surface area contributed by atoms with Crippen molar-refractivity contribution in [3.05, 3.63) is 0 Å². The molecule has 0 bridgehead atoms. The summed E-state index contributed by atoms with van der Waals surface area (Å²) in [7, 11) is -2.81. The first-order valence-electron chi connectivity index (χ1n) is 6.34. The van der Waals surface area contributed by atoms with Crippen molar-refractivity contribution in [3.8, 4) is 0 Å². The van der Waals surface area contributed by atoms with Crippen LogP contribution in [0, 0.1) is 11.3 Å². The molecule has 1 saturated carbocycles. The van der Waals surface area contributed by atoms with E-state index in [1.54, 1.807) is 6.92 Å². The second-order valence-electron chi connectivity index (χ2n) is 5.20. The molecule has 1 fully saturated rings. The van der Waals surface area contributed by atoms with Crippen molar-refractivity contribution < 1.29 is 8.42 Å². The number of sulfone groups is 1. The maximum atomic E-state index is 11.5. The standard InChI is InChI=1S/C12H25NO2S/c1-4-13-10-12(3,11-6-7-11)8-9-16(14,15)5-2/h11,13H,4-10H2,1-3H3. The normalized spacial score (nSPS) is 20.7. The molecule has 0 aromatic heterocycles. The molecule has 1 unspecified atom stereocenters. The van der Waals surface area contributed by atoms with E-state index in [-0.39, 0.29) is 11.2 Å². The Morgan fingerprint density at radius 2 is 1.94 bits per heavy atom. The fourth-order valence-corrected chi connectivity index (χ4v) is 3.23. The highest BCUT2D eigenvalue weighted by molar-refractivity contribution is 7.91. The molecule has 1 N–H and O–H groups in total. The molecule has 3 nitrogen and oxygen atoms in total. The number of hydrogen-bond acceptors (Lipinski definition) is 3. The van der Waals surface area contributed by atoms with Crippen LogP contribution in [-0.2, 0) is 9.84 Å². The summed E-state index contributed by atoms with van der Waals surface area (Å²) in [6, 6.07) is 0. The Kier molecular flexibility index (Phi) is 4.80. The van der Waals surface area contributed by atoms with Crippen molar-refractivity contribution in [2.24, 2.45) is 11.3 Å². The van der Waals surface area contributed by atoms with Gasteiger partial charge in [0.25, 0.3) is 0 Å². The first-order chi connectivity index (χ1) is 7.43. The quantitative estimate of drug-likeness (QED) is 0.712. The molecule has 16 heavy (non-hydrogen) atoms. The highest BCUT2D eigenvalue weighted by Gasteiger charge is 2.41. The van der Waals surface area contributed by atoms with Gasteiger partial charge in [0.15, 0.2) is 0 Å². The summed E-state index contributed by atoms with van der Waals surface area (Å²) in [5.41, 5.74) is 0.179. The molecule has 1 aliphatic carbocycles. The van der Waals surface area contributed by atoms with E-state index in [0.29, 0.717) is 5.75 Å². The molecule has 0 spiro atoms. The van der Waals surface area contributed by atoms with E-state index >= 15 is 0 Å². The molecule has 0 radical (unpaired) electrons. The molecule has 0 saturated heterocycles. The SMILES string of the molecule is CCNCC(C)(CCS(=O)(=O)CC)C1CC1. The summed E-state index contributed by atoms with van der Waals surface area (Å²) < 4.78 is 23.1. The summed E-state index contributed by atoms with van der Waals surface area (Å²) >= 11 is 0. The lowest BCUT2D eigenvalue weighted by Crippen LogP contribution is -2.35. The van der Waals surface area contributed by atoms with E-state index in [2.05, 4.69) is 19.2 Å². The van der Waals surface area contributed by atoms with Gasteiger partial charge in [-0.25, -0.2) is 8.42 Å². The van der Waals surface area contributed by atoms with Crippen molar-refractivity contribution >= 4 is 9.84 Å². The lowest BCUT2D eigenvalue weighted by molar-refractivity contribution is 0.250. The average molecular weight is 247 g/mol. The number of rotatable bonds is 8. The van der Waals surface area contributed by atoms with Gasteiger partial charge in [-0.3, -0.25) is 0 Å². The van der Waals surface area contributed by atoms with E-state index in [1.165, 1.54) is 12.8 Å². The lowest BCUT2D eigenvalue weighted by atomic mass is 9.82. The average Bonchev–Trinajstić information content (AvgIpc) is 3.08. The predicted octanol–water partition coefficient (Wildman–Crippen LogP) is 1.84. The summed E-state index contributed by atoms with van der Waals surface area (Å²) in [6.45, 7) is 7.97. The number of hydrogen-bond donors (Lipinski definition) is 1. The van der Waals surface area contributed by atoms with E-state index in [1.807, 2.05) is 0 Å². The van der Waals surface area contributed by atoms with Crippen molar-refractivity contribution in [1.82, 2.24) is 5.32 Å². The molecule has 0 amide bonds. The van der Waals surface area contributed by atoms with Gasteiger partial charge < -0.3 is 5.32 Å². The van der Waals surface area contributed by atoms with E-state index < -0.39 is 9.84 Å². The highest BCUT2D eigenvalue weighted by atomic mass is 32.2. The Hall–Kier alpha value is -0.0900. The predicted molar refractivity (Wildman–Crippen MR) is 68.3 cm³/mol. The molecule has 1 atom stereocenters. The van der Waals surface area contributed by atoms with Gasteiger partial charge in [-0.2, -0.15) is 0 Å². The van der Waals surface area contributed by atoms with E-state index in [9.17, 15) is 8.42 Å². The fraction of sp³-hybridized carbons (Fsp3) is 1.00. The van der Waals surface area contributed by atoms with Gasteiger partial charge >= 0.3 is 0 Å². The largest absolute Gasteiger partial charge is 0.316 e. The van der Waals surface area contributed by atoms with E-state index in [4.69, 9.17) is 0 Å². The summed E-state index contributed by atoms with van der Waals surface area (Å²) in [5.74, 6) is 1.36. The van der Waals surface area contributed by atoms with Crippen LogP contribution in [-0.4, -0.2) is 33.0 Å². The summed E-state index contributed by atoms with van der Waals surface area (Å²) in [5, 5.41) is 3.37. The van der Waals surface area contributed by atoms with Crippen LogP contribution in [0.4, 0.5) is 0 Å². The van der Waals surface area contributed by atoms with Gasteiger partial charge in [0.05, 0.1) is 5.75 Å². The topological polar surface area (TPSA) is 46.2 Å². The molecule has 96 valence electrons. The Morgan fingerprint density at radius 1 is 1.31 bits per heavy atom. The van der Waals surface area contributed by atoms with Crippen molar-refractivity contribution in [2.75, 3.05) is 24.6 Å². The van der Waals surface area contributed by atoms with E-state index in [0.717, 1.165) is 25.4 Å². The minimum absolute atomic E-state index is 0.179. The molecule has 1 rings (SSSR count). The molecule has 0 aromatic rings. The van der Waals surface area contributed by atoms with Crippen molar-refractivity contribution in [3.63, 3.8) is 0 Å². The van der Waals surface area contributed by atoms with Gasteiger partial charge in [0.1, 0.15) is 9.84 Å². The molecule has 0 heterocycles. The van der Waals surface area contributed by atoms with Gasteiger partial charge in [-0.05, 0) is 37.1 Å². The molecule has 1 aliphatic rings. The molecule has 0 aliphatic heterocycles. The summed E-state index contributed by atoms with van der Waals surface area (Å²) in [6.07, 6.45) is 3.35. The van der Waals surface area contributed by atoms with Crippen LogP contribution >= 0.6 is 0 Å². The highest BCUT2D eigenvalue weighted by Crippen LogP contribution is 2.47. The van der Waals surface area contributed by atoms with Gasteiger partial charge in [0.2, 0.25) is 0 Å². The van der Waals surface area contributed by atoms with Crippen LogP contribution in [0.2, 0.25) is 0 Å².